The number of nitrogens with zero attached hydrogens (tertiary/aromatic N) is 1. The van der Waals surface area contributed by atoms with Gasteiger partial charge < -0.3 is 10.2 Å². The van der Waals surface area contributed by atoms with Crippen molar-refractivity contribution in [2.75, 3.05) is 11.9 Å². The van der Waals surface area contributed by atoms with Crippen molar-refractivity contribution < 1.29 is 9.59 Å². The number of hydrogen-bond acceptors (Lipinski definition) is 2. The van der Waals surface area contributed by atoms with Crippen LogP contribution in [0.3, 0.4) is 0 Å². The van der Waals surface area contributed by atoms with Gasteiger partial charge in [-0.15, -0.1) is 0 Å². The molecule has 2 fully saturated rings. The molecule has 1 aromatic rings. The maximum Gasteiger partial charge on any atom is 0.229 e. The first kappa shape index (κ1) is 16.8. The quantitative estimate of drug-likeness (QED) is 0.827. The van der Waals surface area contributed by atoms with Gasteiger partial charge in [0.1, 0.15) is 0 Å². The first-order valence-electron chi connectivity index (χ1n) is 8.10. The second-order valence-electron chi connectivity index (χ2n) is 6.35. The lowest BCUT2D eigenvalue weighted by molar-refractivity contribution is -0.130. The highest BCUT2D eigenvalue weighted by Crippen LogP contribution is 2.30. The average Bonchev–Trinajstić information content (AvgIpc) is 2.93. The van der Waals surface area contributed by atoms with Gasteiger partial charge in [0, 0.05) is 23.5 Å². The van der Waals surface area contributed by atoms with E-state index >= 15 is 0 Å². The van der Waals surface area contributed by atoms with Crippen molar-refractivity contribution in [3.05, 3.63) is 27.7 Å². The third-order valence-corrected chi connectivity index (χ3v) is 5.54. The van der Waals surface area contributed by atoms with Crippen LogP contribution in [0.5, 0.6) is 0 Å². The molecule has 0 spiro atoms. The van der Waals surface area contributed by atoms with Crippen LogP contribution in [0.15, 0.2) is 22.7 Å². The third kappa shape index (κ3) is 3.89. The van der Waals surface area contributed by atoms with Crippen molar-refractivity contribution in [3.8, 4) is 0 Å². The number of benzene rings is 1. The van der Waals surface area contributed by atoms with Gasteiger partial charge in [0.05, 0.1) is 16.6 Å². The Kier molecular flexibility index (Phi) is 5.27. The first-order valence-corrected chi connectivity index (χ1v) is 9.27. The molecule has 124 valence electrons. The zero-order valence-electron chi connectivity index (χ0n) is 12.9. The van der Waals surface area contributed by atoms with E-state index in [9.17, 15) is 9.59 Å². The topological polar surface area (TPSA) is 49.4 Å². The number of amides is 2. The van der Waals surface area contributed by atoms with E-state index in [2.05, 4.69) is 21.2 Å². The molecule has 23 heavy (non-hydrogen) atoms. The van der Waals surface area contributed by atoms with Crippen LogP contribution >= 0.6 is 27.5 Å². The van der Waals surface area contributed by atoms with Crippen molar-refractivity contribution in [1.82, 2.24) is 4.90 Å². The third-order valence-electron chi connectivity index (χ3n) is 4.73. The summed E-state index contributed by atoms with van der Waals surface area (Å²) >= 11 is 9.48. The zero-order valence-corrected chi connectivity index (χ0v) is 15.2. The highest BCUT2D eigenvalue weighted by Gasteiger charge is 2.38. The summed E-state index contributed by atoms with van der Waals surface area (Å²) in [6.07, 6.45) is 6.05. The summed E-state index contributed by atoms with van der Waals surface area (Å²) in [6.45, 7) is 0.531. The van der Waals surface area contributed by atoms with Gasteiger partial charge in [-0.25, -0.2) is 0 Å². The molecule has 6 heteroatoms. The second-order valence-corrected chi connectivity index (χ2v) is 7.68. The van der Waals surface area contributed by atoms with Crippen LogP contribution in [0.2, 0.25) is 5.02 Å². The standard InChI is InChI=1S/C17H20BrClN2O2/c18-12-6-7-15(14(19)9-12)20-17(23)11-8-16(22)21(10-11)13-4-2-1-3-5-13/h6-7,9,11,13H,1-5,8,10H2,(H,20,23)/t11-/m1/s1. The molecule has 1 saturated heterocycles. The Hall–Kier alpha value is -1.07. The van der Waals surface area contributed by atoms with E-state index in [0.717, 1.165) is 17.3 Å². The molecule has 1 aliphatic carbocycles. The fraction of sp³-hybridized carbons (Fsp3) is 0.529. The number of likely N-dealkylation sites (tertiary alicyclic amines) is 1. The predicted octanol–water partition coefficient (Wildman–Crippen LogP) is 4.22. The van der Waals surface area contributed by atoms with Crippen LogP contribution in [0.4, 0.5) is 5.69 Å². The Morgan fingerprint density at radius 1 is 1.26 bits per heavy atom. The van der Waals surface area contributed by atoms with E-state index in [-0.39, 0.29) is 17.7 Å². The van der Waals surface area contributed by atoms with E-state index < -0.39 is 0 Å². The minimum atomic E-state index is -0.288. The molecule has 0 bridgehead atoms. The number of carbonyl (C=O) groups is 2. The van der Waals surface area contributed by atoms with Crippen LogP contribution in [-0.2, 0) is 9.59 Å². The highest BCUT2D eigenvalue weighted by molar-refractivity contribution is 9.10. The van der Waals surface area contributed by atoms with Gasteiger partial charge in [0.25, 0.3) is 0 Å². The molecule has 0 radical (unpaired) electrons. The average molecular weight is 400 g/mol. The second kappa shape index (κ2) is 7.22. The minimum absolute atomic E-state index is 0.110. The Labute approximate surface area is 149 Å². The summed E-state index contributed by atoms with van der Waals surface area (Å²) in [7, 11) is 0. The summed E-state index contributed by atoms with van der Waals surface area (Å²) in [4.78, 5) is 26.7. The number of nitrogens with one attached hydrogen (secondary N) is 1. The predicted molar refractivity (Wildman–Crippen MR) is 94.5 cm³/mol. The molecular formula is C17H20BrClN2O2. The number of carbonyl (C=O) groups excluding carboxylic acids is 2. The van der Waals surface area contributed by atoms with Crippen LogP contribution in [-0.4, -0.2) is 29.3 Å². The van der Waals surface area contributed by atoms with Gasteiger partial charge in [0.15, 0.2) is 0 Å². The van der Waals surface area contributed by atoms with Crippen molar-refractivity contribution in [2.45, 2.75) is 44.6 Å². The molecule has 2 aliphatic rings. The number of anilines is 1. The highest BCUT2D eigenvalue weighted by atomic mass is 79.9. The summed E-state index contributed by atoms with van der Waals surface area (Å²) in [5.74, 6) is -0.302. The van der Waals surface area contributed by atoms with Crippen LogP contribution < -0.4 is 5.32 Å². The maximum absolute atomic E-state index is 12.5. The molecule has 1 N–H and O–H groups in total. The fourth-order valence-electron chi connectivity index (χ4n) is 3.48. The SMILES string of the molecule is O=C(Nc1ccc(Br)cc1Cl)[C@@H]1CC(=O)N(C2CCCCC2)C1. The lowest BCUT2D eigenvalue weighted by Crippen LogP contribution is -2.38. The molecule has 0 aromatic heterocycles. The van der Waals surface area contributed by atoms with Crippen molar-refractivity contribution in [2.24, 2.45) is 5.92 Å². The van der Waals surface area contributed by atoms with Gasteiger partial charge in [0.2, 0.25) is 11.8 Å². The molecule has 1 saturated carbocycles. The van der Waals surface area contributed by atoms with Gasteiger partial charge in [-0.3, -0.25) is 9.59 Å². The normalized spacial score (nSPS) is 22.4. The van der Waals surface area contributed by atoms with Crippen molar-refractivity contribution in [3.63, 3.8) is 0 Å². The number of hydrogen-bond donors (Lipinski definition) is 1. The molecule has 1 aromatic carbocycles. The molecule has 4 nitrogen and oxygen atoms in total. The van der Waals surface area contributed by atoms with Gasteiger partial charge >= 0.3 is 0 Å². The lowest BCUT2D eigenvalue weighted by atomic mass is 9.94. The molecule has 1 atom stereocenters. The van der Waals surface area contributed by atoms with Crippen molar-refractivity contribution >= 4 is 45.0 Å². The van der Waals surface area contributed by atoms with Gasteiger partial charge in [-0.1, -0.05) is 46.8 Å². The monoisotopic (exact) mass is 398 g/mol. The van der Waals surface area contributed by atoms with E-state index in [1.807, 2.05) is 11.0 Å². The Balaban J connectivity index is 1.63. The zero-order chi connectivity index (χ0) is 16.4. The Morgan fingerprint density at radius 3 is 2.70 bits per heavy atom. The van der Waals surface area contributed by atoms with E-state index in [1.54, 1.807) is 12.1 Å². The lowest BCUT2D eigenvalue weighted by Gasteiger charge is -2.31. The van der Waals surface area contributed by atoms with Crippen molar-refractivity contribution in [1.29, 1.82) is 0 Å². The number of rotatable bonds is 3. The molecule has 2 amide bonds. The Bertz CT molecular complexity index is 617. The minimum Gasteiger partial charge on any atom is -0.339 e. The largest absolute Gasteiger partial charge is 0.339 e. The first-order chi connectivity index (χ1) is 11.0. The molecule has 3 rings (SSSR count). The smallest absolute Gasteiger partial charge is 0.229 e. The van der Waals surface area contributed by atoms with Crippen LogP contribution in [0.1, 0.15) is 38.5 Å². The van der Waals surface area contributed by atoms with Gasteiger partial charge in [-0.05, 0) is 31.0 Å². The summed E-state index contributed by atoms with van der Waals surface area (Å²) in [5.41, 5.74) is 0.587. The number of halogens is 2. The van der Waals surface area contributed by atoms with Crippen LogP contribution in [0, 0.1) is 5.92 Å². The summed E-state index contributed by atoms with van der Waals surface area (Å²) < 4.78 is 0.861. The maximum atomic E-state index is 12.5. The van der Waals surface area contributed by atoms with Crippen LogP contribution in [0.25, 0.3) is 0 Å². The van der Waals surface area contributed by atoms with E-state index in [0.29, 0.717) is 29.7 Å². The van der Waals surface area contributed by atoms with E-state index in [4.69, 9.17) is 11.6 Å². The molecule has 0 unspecified atom stereocenters. The summed E-state index contributed by atoms with van der Waals surface area (Å²) in [6, 6.07) is 5.66. The molecule has 1 aliphatic heterocycles. The Morgan fingerprint density at radius 2 is 2.00 bits per heavy atom. The molecular weight excluding hydrogens is 380 g/mol. The van der Waals surface area contributed by atoms with Gasteiger partial charge in [-0.2, -0.15) is 0 Å². The summed E-state index contributed by atoms with van der Waals surface area (Å²) in [5, 5.41) is 3.34. The molecule has 1 heterocycles. The van der Waals surface area contributed by atoms with E-state index in [1.165, 1.54) is 19.3 Å². The fourth-order valence-corrected chi connectivity index (χ4v) is 4.20.